The number of benzene rings is 1. The molecule has 2 fully saturated rings. The van der Waals surface area contributed by atoms with Crippen LogP contribution >= 0.6 is 0 Å². The summed E-state index contributed by atoms with van der Waals surface area (Å²) in [5.41, 5.74) is 1.90. The first kappa shape index (κ1) is 20.4. The fraction of sp³-hybridized carbons (Fsp3) is 0.545. The van der Waals surface area contributed by atoms with Crippen molar-refractivity contribution in [1.29, 1.82) is 0 Å². The van der Waals surface area contributed by atoms with E-state index in [0.717, 1.165) is 31.5 Å². The molecule has 2 aliphatic rings. The van der Waals surface area contributed by atoms with Crippen LogP contribution in [0.2, 0.25) is 0 Å². The number of nitrogens with one attached hydrogen (secondary N) is 1. The van der Waals surface area contributed by atoms with Crippen molar-refractivity contribution in [3.63, 3.8) is 0 Å². The van der Waals surface area contributed by atoms with Crippen molar-refractivity contribution in [3.8, 4) is 0 Å². The predicted octanol–water partition coefficient (Wildman–Crippen LogP) is 2.97. The molecule has 6 nitrogen and oxygen atoms in total. The summed E-state index contributed by atoms with van der Waals surface area (Å²) in [6, 6.07) is 7.95. The summed E-state index contributed by atoms with van der Waals surface area (Å²) in [7, 11) is 2.12. The number of hydrogen-bond donors (Lipinski definition) is 1. The summed E-state index contributed by atoms with van der Waals surface area (Å²) < 4.78 is 0. The number of carbonyl (C=O) groups is 2. The Morgan fingerprint density at radius 2 is 2.11 bits per heavy atom. The van der Waals surface area contributed by atoms with Crippen LogP contribution in [0.25, 0.3) is 0 Å². The van der Waals surface area contributed by atoms with Crippen LogP contribution in [0.1, 0.15) is 31.7 Å². The summed E-state index contributed by atoms with van der Waals surface area (Å²) >= 11 is 0. The highest BCUT2D eigenvalue weighted by Gasteiger charge is 2.43. The van der Waals surface area contributed by atoms with E-state index in [1.54, 1.807) is 6.08 Å². The third kappa shape index (κ3) is 4.38. The van der Waals surface area contributed by atoms with Gasteiger partial charge < -0.3 is 15.1 Å². The number of hydrogen-bond acceptors (Lipinski definition) is 3. The van der Waals surface area contributed by atoms with Gasteiger partial charge in [0.25, 0.3) is 0 Å². The molecular weight excluding hydrogens is 352 g/mol. The second kappa shape index (κ2) is 8.78. The summed E-state index contributed by atoms with van der Waals surface area (Å²) in [5.74, 6) is 0.183. The third-order valence-corrected chi connectivity index (χ3v) is 6.23. The highest BCUT2D eigenvalue weighted by molar-refractivity contribution is 5.89. The van der Waals surface area contributed by atoms with Crippen LogP contribution in [0, 0.1) is 0 Å². The number of likely N-dealkylation sites (N-methyl/N-ethyl adjacent to an activating group) is 1. The molecule has 0 aromatic heterocycles. The highest BCUT2D eigenvalue weighted by Crippen LogP contribution is 2.32. The van der Waals surface area contributed by atoms with Crippen molar-refractivity contribution >= 4 is 17.6 Å². The Balaban J connectivity index is 1.70. The molecule has 3 amide bonds. The molecule has 0 bridgehead atoms. The van der Waals surface area contributed by atoms with Gasteiger partial charge in [-0.2, -0.15) is 0 Å². The molecule has 1 N–H and O–H groups in total. The number of carbonyl (C=O) groups excluding carboxylic acids is 2. The summed E-state index contributed by atoms with van der Waals surface area (Å²) in [4.78, 5) is 31.5. The molecule has 1 atom stereocenters. The average Bonchev–Trinajstić information content (AvgIpc) is 2.85. The first-order chi connectivity index (χ1) is 13.5. The number of urea groups is 1. The molecular formula is C22H32N4O2. The van der Waals surface area contributed by atoms with Gasteiger partial charge in [0, 0.05) is 50.4 Å². The topological polar surface area (TPSA) is 55.9 Å². The maximum absolute atomic E-state index is 12.9. The highest BCUT2D eigenvalue weighted by atomic mass is 16.2. The van der Waals surface area contributed by atoms with Gasteiger partial charge in [0.15, 0.2) is 0 Å². The van der Waals surface area contributed by atoms with Gasteiger partial charge in [0.1, 0.15) is 0 Å². The zero-order valence-electron chi connectivity index (χ0n) is 17.1. The van der Waals surface area contributed by atoms with Crippen LogP contribution < -0.4 is 5.32 Å². The van der Waals surface area contributed by atoms with Crippen molar-refractivity contribution < 1.29 is 9.59 Å². The fourth-order valence-corrected chi connectivity index (χ4v) is 4.29. The van der Waals surface area contributed by atoms with Gasteiger partial charge in [-0.25, -0.2) is 4.79 Å². The second-order valence-corrected chi connectivity index (χ2v) is 7.93. The van der Waals surface area contributed by atoms with Gasteiger partial charge in [-0.15, -0.1) is 6.58 Å². The molecule has 6 heteroatoms. The van der Waals surface area contributed by atoms with Gasteiger partial charge in [-0.3, -0.25) is 9.69 Å². The smallest absolute Gasteiger partial charge is 0.321 e. The van der Waals surface area contributed by atoms with Gasteiger partial charge >= 0.3 is 6.03 Å². The molecule has 0 unspecified atom stereocenters. The minimum atomic E-state index is -0.146. The monoisotopic (exact) mass is 384 g/mol. The summed E-state index contributed by atoms with van der Waals surface area (Å²) in [5, 5.41) is 3.05. The lowest BCUT2D eigenvalue weighted by Crippen LogP contribution is -2.62. The minimum absolute atomic E-state index is 0.0563. The van der Waals surface area contributed by atoms with E-state index in [-0.39, 0.29) is 17.5 Å². The standard InChI is InChI=1S/C22H32N4O2/c1-4-12-25-13-11-22(10-9-20(25)27)17-26(15-14-24(22)3)21(28)23-19-8-6-7-18(5-2)16-19/h4,6-8,16H,1,5,9-15,17H2,2-3H3,(H,23,28)/t22-/m0/s1. The SMILES string of the molecule is C=CCN1CC[C@@]2(CCC1=O)CN(C(=O)Nc1cccc(CC)c1)CCN2C. The zero-order valence-corrected chi connectivity index (χ0v) is 17.1. The Labute approximate surface area is 168 Å². The largest absolute Gasteiger partial charge is 0.339 e. The van der Waals surface area contributed by atoms with Gasteiger partial charge in [0.2, 0.25) is 5.91 Å². The Morgan fingerprint density at radius 1 is 1.29 bits per heavy atom. The first-order valence-corrected chi connectivity index (χ1v) is 10.2. The minimum Gasteiger partial charge on any atom is -0.339 e. The van der Waals surface area contributed by atoms with Gasteiger partial charge in [-0.1, -0.05) is 25.1 Å². The molecule has 1 spiro atoms. The molecule has 0 saturated carbocycles. The van der Waals surface area contributed by atoms with Gasteiger partial charge in [0.05, 0.1) is 0 Å². The molecule has 2 heterocycles. The molecule has 28 heavy (non-hydrogen) atoms. The Kier molecular flexibility index (Phi) is 6.39. The number of nitrogens with zero attached hydrogens (tertiary/aromatic N) is 3. The number of rotatable bonds is 4. The van der Waals surface area contributed by atoms with Crippen LogP contribution in [0.4, 0.5) is 10.5 Å². The fourth-order valence-electron chi connectivity index (χ4n) is 4.29. The van der Waals surface area contributed by atoms with Crippen LogP contribution in [-0.4, -0.2) is 71.9 Å². The average molecular weight is 385 g/mol. The molecule has 0 radical (unpaired) electrons. The van der Waals surface area contributed by atoms with Crippen LogP contribution in [0.15, 0.2) is 36.9 Å². The Hall–Kier alpha value is -2.34. The number of anilines is 1. The lowest BCUT2D eigenvalue weighted by atomic mass is 9.86. The maximum Gasteiger partial charge on any atom is 0.321 e. The maximum atomic E-state index is 12.9. The molecule has 2 saturated heterocycles. The zero-order chi connectivity index (χ0) is 20.1. The van der Waals surface area contributed by atoms with Crippen molar-refractivity contribution in [1.82, 2.24) is 14.7 Å². The van der Waals surface area contributed by atoms with E-state index in [1.807, 2.05) is 28.0 Å². The Morgan fingerprint density at radius 3 is 2.86 bits per heavy atom. The summed E-state index contributed by atoms with van der Waals surface area (Å²) in [6.45, 7) is 9.34. The number of amides is 3. The lowest BCUT2D eigenvalue weighted by molar-refractivity contribution is -0.130. The van der Waals surface area contributed by atoms with Gasteiger partial charge in [-0.05, 0) is 44.0 Å². The number of piperazine rings is 1. The number of aryl methyl sites for hydroxylation is 1. The van der Waals surface area contributed by atoms with Crippen LogP contribution in [-0.2, 0) is 11.2 Å². The van der Waals surface area contributed by atoms with E-state index in [9.17, 15) is 9.59 Å². The van der Waals surface area contributed by atoms with Crippen molar-refractivity contribution in [2.75, 3.05) is 45.1 Å². The third-order valence-electron chi connectivity index (χ3n) is 6.23. The van der Waals surface area contributed by atoms with E-state index < -0.39 is 0 Å². The summed E-state index contributed by atoms with van der Waals surface area (Å²) in [6.07, 6.45) is 4.90. The predicted molar refractivity (Wildman–Crippen MR) is 112 cm³/mol. The molecule has 152 valence electrons. The van der Waals surface area contributed by atoms with Crippen molar-refractivity contribution in [2.45, 2.75) is 38.1 Å². The molecule has 1 aromatic rings. The van der Waals surface area contributed by atoms with E-state index in [4.69, 9.17) is 0 Å². The van der Waals surface area contributed by atoms with E-state index in [2.05, 4.69) is 36.8 Å². The van der Waals surface area contributed by atoms with Crippen LogP contribution in [0.5, 0.6) is 0 Å². The number of likely N-dealkylation sites (tertiary alicyclic amines) is 1. The quantitative estimate of drug-likeness (QED) is 0.812. The van der Waals surface area contributed by atoms with E-state index >= 15 is 0 Å². The molecule has 1 aromatic carbocycles. The normalized spacial score (nSPS) is 23.6. The van der Waals surface area contributed by atoms with Crippen LogP contribution in [0.3, 0.4) is 0 Å². The van der Waals surface area contributed by atoms with Crippen molar-refractivity contribution in [3.05, 3.63) is 42.5 Å². The van der Waals surface area contributed by atoms with E-state index in [0.29, 0.717) is 32.6 Å². The molecule has 3 rings (SSSR count). The first-order valence-electron chi connectivity index (χ1n) is 10.2. The molecule has 0 aliphatic carbocycles. The second-order valence-electron chi connectivity index (χ2n) is 7.93. The van der Waals surface area contributed by atoms with E-state index in [1.165, 1.54) is 5.56 Å². The van der Waals surface area contributed by atoms with Crippen molar-refractivity contribution in [2.24, 2.45) is 0 Å². The Bertz CT molecular complexity index is 735. The lowest BCUT2D eigenvalue weighted by Gasteiger charge is -2.49. The molecule has 2 aliphatic heterocycles.